The summed E-state index contributed by atoms with van der Waals surface area (Å²) in [4.78, 5) is 67.2. The van der Waals surface area contributed by atoms with Gasteiger partial charge in [-0.05, 0) is 29.3 Å². The molecule has 1 heterocycles. The number of benzene rings is 3. The SMILES string of the molecule is CN(C)C(=O)c1c(NC(=O)c2ccccc2-c2ccc(C(F)(F)F)cc2)cc(F)c(OC(=O)OCC(C(=O)O)(C(=O)O)c2nccs2)c1F. The highest BCUT2D eigenvalue weighted by Crippen LogP contribution is 2.35. The van der Waals surface area contributed by atoms with Crippen LogP contribution in [0.25, 0.3) is 11.1 Å². The summed E-state index contributed by atoms with van der Waals surface area (Å²) in [5, 5.41) is 22.2. The number of carboxylic acids is 2. The Kier molecular flexibility index (Phi) is 10.3. The Morgan fingerprint density at radius 2 is 1.59 bits per heavy atom. The van der Waals surface area contributed by atoms with Gasteiger partial charge in [0.25, 0.3) is 11.8 Å². The minimum absolute atomic E-state index is 0.134. The fourth-order valence-electron chi connectivity index (χ4n) is 4.36. The van der Waals surface area contributed by atoms with Crippen molar-refractivity contribution in [3.8, 4) is 16.9 Å². The number of alkyl halides is 3. The zero-order valence-electron chi connectivity index (χ0n) is 25.0. The third-order valence-corrected chi connectivity index (χ3v) is 7.79. The van der Waals surface area contributed by atoms with Gasteiger partial charge in [0.1, 0.15) is 17.2 Å². The van der Waals surface area contributed by atoms with E-state index >= 15 is 8.78 Å². The van der Waals surface area contributed by atoms with E-state index in [1.807, 2.05) is 0 Å². The summed E-state index contributed by atoms with van der Waals surface area (Å²) in [6, 6.07) is 9.86. The fourth-order valence-corrected chi connectivity index (χ4v) is 5.17. The third-order valence-electron chi connectivity index (χ3n) is 6.86. The lowest BCUT2D eigenvalue weighted by Gasteiger charge is -2.22. The Labute approximate surface area is 276 Å². The van der Waals surface area contributed by atoms with Crippen LogP contribution < -0.4 is 10.1 Å². The number of carbonyl (C=O) groups excluding carboxylic acids is 3. The molecule has 4 aromatic rings. The third kappa shape index (κ3) is 7.33. The first-order valence-electron chi connectivity index (χ1n) is 13.5. The molecule has 3 N–H and O–H groups in total. The van der Waals surface area contributed by atoms with E-state index in [4.69, 9.17) is 0 Å². The van der Waals surface area contributed by atoms with Gasteiger partial charge in [0, 0.05) is 37.3 Å². The molecule has 0 atom stereocenters. The predicted molar refractivity (Wildman–Crippen MR) is 160 cm³/mol. The van der Waals surface area contributed by atoms with E-state index in [-0.39, 0.29) is 16.7 Å². The van der Waals surface area contributed by atoms with Crippen molar-refractivity contribution in [2.75, 3.05) is 26.0 Å². The summed E-state index contributed by atoms with van der Waals surface area (Å²) in [5.74, 6) is -11.1. The molecule has 0 fully saturated rings. The first kappa shape index (κ1) is 35.9. The number of aromatic nitrogens is 1. The Morgan fingerprint density at radius 1 is 0.959 bits per heavy atom. The van der Waals surface area contributed by atoms with Crippen LogP contribution in [0.2, 0.25) is 0 Å². The number of nitrogens with zero attached hydrogens (tertiary/aromatic N) is 2. The topological polar surface area (TPSA) is 172 Å². The lowest BCUT2D eigenvalue weighted by Crippen LogP contribution is -2.48. The molecule has 49 heavy (non-hydrogen) atoms. The maximum absolute atomic E-state index is 15.8. The van der Waals surface area contributed by atoms with Crippen LogP contribution >= 0.6 is 11.3 Å². The summed E-state index contributed by atoms with van der Waals surface area (Å²) in [6.45, 7) is -1.41. The molecule has 18 heteroatoms. The van der Waals surface area contributed by atoms with E-state index in [9.17, 15) is 47.4 Å². The highest BCUT2D eigenvalue weighted by atomic mass is 32.1. The largest absolute Gasteiger partial charge is 0.514 e. The van der Waals surface area contributed by atoms with Crippen LogP contribution in [0.15, 0.2) is 66.2 Å². The number of carbonyl (C=O) groups is 5. The molecule has 3 aromatic carbocycles. The number of thiazole rings is 1. The van der Waals surface area contributed by atoms with Crippen LogP contribution in [0.3, 0.4) is 0 Å². The summed E-state index contributed by atoms with van der Waals surface area (Å²) in [6.07, 6.45) is -5.47. The molecule has 12 nitrogen and oxygen atoms in total. The minimum Gasteiger partial charge on any atom is -0.480 e. The average Bonchev–Trinajstić information content (AvgIpc) is 3.58. The molecule has 0 bridgehead atoms. The number of amides is 2. The van der Waals surface area contributed by atoms with Gasteiger partial charge < -0.3 is 29.9 Å². The predicted octanol–water partition coefficient (Wildman–Crippen LogP) is 5.68. The van der Waals surface area contributed by atoms with Crippen molar-refractivity contribution in [1.82, 2.24) is 9.88 Å². The smallest absolute Gasteiger partial charge is 0.480 e. The van der Waals surface area contributed by atoms with Gasteiger partial charge in [0.15, 0.2) is 11.6 Å². The standard InChI is InChI=1S/C31H22F5N3O9S/c1-39(2)25(41)21-20(38-24(40)18-6-4-3-5-17(18)15-7-9-16(10-8-15)31(34,35)36)13-19(32)23(22(21)33)48-29(46)47-14-30(27(42)43,28(44)45)26-37-11-12-49-26/h3-13H,14H2,1-2H3,(H,38,40)(H,42,43)(H,44,45). The summed E-state index contributed by atoms with van der Waals surface area (Å²) >= 11 is 0.618. The van der Waals surface area contributed by atoms with E-state index < -0.39 is 87.3 Å². The molecule has 0 aliphatic carbocycles. The maximum atomic E-state index is 15.8. The average molecular weight is 708 g/mol. The molecular weight excluding hydrogens is 685 g/mol. The van der Waals surface area contributed by atoms with E-state index in [0.29, 0.717) is 17.4 Å². The second kappa shape index (κ2) is 14.1. The van der Waals surface area contributed by atoms with E-state index in [2.05, 4.69) is 19.8 Å². The molecular formula is C31H22F5N3O9S. The highest BCUT2D eigenvalue weighted by molar-refractivity contribution is 7.10. The van der Waals surface area contributed by atoms with E-state index in [1.165, 1.54) is 43.7 Å². The van der Waals surface area contributed by atoms with Crippen LogP contribution in [-0.2, 0) is 25.9 Å². The number of rotatable bonds is 10. The Balaban J connectivity index is 1.66. The minimum atomic E-state index is -4.62. The molecule has 0 saturated carbocycles. The number of nitrogens with one attached hydrogen (secondary N) is 1. The van der Waals surface area contributed by atoms with Crippen molar-refractivity contribution < 1.29 is 65.6 Å². The van der Waals surface area contributed by atoms with Crippen LogP contribution in [-0.4, -0.2) is 70.7 Å². The van der Waals surface area contributed by atoms with Gasteiger partial charge in [-0.3, -0.25) is 19.2 Å². The summed E-state index contributed by atoms with van der Waals surface area (Å²) in [5.41, 5.74) is -5.41. The van der Waals surface area contributed by atoms with Gasteiger partial charge in [-0.1, -0.05) is 30.3 Å². The van der Waals surface area contributed by atoms with Gasteiger partial charge in [-0.25, -0.2) is 18.6 Å². The maximum Gasteiger partial charge on any atom is 0.514 e. The molecule has 0 unspecified atom stereocenters. The van der Waals surface area contributed by atoms with Crippen molar-refractivity contribution in [3.05, 3.63) is 99.5 Å². The molecule has 4 rings (SSSR count). The Bertz CT molecular complexity index is 1920. The number of hydrogen-bond acceptors (Lipinski definition) is 9. The molecule has 0 radical (unpaired) electrons. The first-order valence-corrected chi connectivity index (χ1v) is 14.4. The number of anilines is 1. The van der Waals surface area contributed by atoms with Crippen LogP contribution in [0.4, 0.5) is 32.4 Å². The molecule has 0 saturated heterocycles. The van der Waals surface area contributed by atoms with Gasteiger partial charge in [-0.15, -0.1) is 11.3 Å². The van der Waals surface area contributed by atoms with Gasteiger partial charge in [0.2, 0.25) is 11.2 Å². The molecule has 0 spiro atoms. The normalized spacial score (nSPS) is 11.4. The monoisotopic (exact) mass is 707 g/mol. The van der Waals surface area contributed by atoms with Gasteiger partial charge >= 0.3 is 24.3 Å². The number of carboxylic acid groups (broad SMARTS) is 2. The molecule has 0 aliphatic rings. The van der Waals surface area contributed by atoms with Crippen molar-refractivity contribution in [2.45, 2.75) is 11.6 Å². The first-order chi connectivity index (χ1) is 23.0. The number of aliphatic carboxylic acids is 2. The van der Waals surface area contributed by atoms with Crippen molar-refractivity contribution in [2.24, 2.45) is 0 Å². The zero-order valence-corrected chi connectivity index (χ0v) is 25.8. The van der Waals surface area contributed by atoms with Gasteiger partial charge in [-0.2, -0.15) is 13.2 Å². The fraction of sp³-hybridized carbons (Fsp3) is 0.161. The van der Waals surface area contributed by atoms with Crippen molar-refractivity contribution in [1.29, 1.82) is 0 Å². The number of halogens is 5. The molecule has 2 amide bonds. The molecule has 0 aliphatic heterocycles. The molecule has 256 valence electrons. The number of ether oxygens (including phenoxy) is 2. The van der Waals surface area contributed by atoms with Crippen LogP contribution in [0.1, 0.15) is 31.3 Å². The second-order valence-corrected chi connectivity index (χ2v) is 11.1. The highest BCUT2D eigenvalue weighted by Gasteiger charge is 2.52. The van der Waals surface area contributed by atoms with E-state index in [0.717, 1.165) is 35.4 Å². The molecule has 1 aromatic heterocycles. The Morgan fingerprint density at radius 3 is 2.14 bits per heavy atom. The number of hydrogen-bond donors (Lipinski definition) is 3. The van der Waals surface area contributed by atoms with Crippen molar-refractivity contribution in [3.63, 3.8) is 0 Å². The lowest BCUT2D eigenvalue weighted by atomic mass is 9.90. The van der Waals surface area contributed by atoms with Crippen LogP contribution in [0, 0.1) is 11.6 Å². The van der Waals surface area contributed by atoms with Crippen molar-refractivity contribution >= 4 is 46.9 Å². The zero-order chi connectivity index (χ0) is 36.3. The Hall–Kier alpha value is -5.91. The van der Waals surface area contributed by atoms with E-state index in [1.54, 1.807) is 0 Å². The van der Waals surface area contributed by atoms with Gasteiger partial charge in [0.05, 0.1) is 11.3 Å². The second-order valence-electron chi connectivity index (χ2n) is 10.2. The van der Waals surface area contributed by atoms with Crippen LogP contribution in [0.5, 0.6) is 5.75 Å². The lowest BCUT2D eigenvalue weighted by molar-refractivity contribution is -0.160. The quantitative estimate of drug-likeness (QED) is 0.0806. The summed E-state index contributed by atoms with van der Waals surface area (Å²) < 4.78 is 79.5. The summed E-state index contributed by atoms with van der Waals surface area (Å²) in [7, 11) is 2.36.